The lowest BCUT2D eigenvalue weighted by molar-refractivity contribution is -0.306. The van der Waals surface area contributed by atoms with Crippen molar-refractivity contribution in [1.29, 1.82) is 0 Å². The molecule has 0 aromatic rings. The summed E-state index contributed by atoms with van der Waals surface area (Å²) >= 11 is 0. The van der Waals surface area contributed by atoms with Gasteiger partial charge in [0.05, 0.1) is 0 Å². The van der Waals surface area contributed by atoms with Crippen molar-refractivity contribution in [3.05, 3.63) is 0 Å². The van der Waals surface area contributed by atoms with E-state index in [4.69, 9.17) is 0 Å². The molecule has 0 heterocycles. The van der Waals surface area contributed by atoms with Crippen molar-refractivity contribution in [1.82, 2.24) is 0 Å². The van der Waals surface area contributed by atoms with Crippen molar-refractivity contribution in [2.75, 3.05) is 0 Å². The van der Waals surface area contributed by atoms with Crippen molar-refractivity contribution in [2.45, 2.75) is 25.7 Å². The Morgan fingerprint density at radius 3 is 1.47 bits per heavy atom. The second-order valence-electron chi connectivity index (χ2n) is 2.70. The second kappa shape index (κ2) is 3.82. The first-order valence-electron chi connectivity index (χ1n) is 3.67. The maximum atomic E-state index is 12.1. The van der Waals surface area contributed by atoms with Crippen molar-refractivity contribution in [2.24, 2.45) is 5.41 Å². The SMILES string of the molecule is CCC(=O)C(C=O)(C(F)(F)F)C(F)(F)F. The van der Waals surface area contributed by atoms with Crippen LogP contribution in [0.25, 0.3) is 0 Å². The van der Waals surface area contributed by atoms with E-state index in [0.29, 0.717) is 0 Å². The van der Waals surface area contributed by atoms with Crippen LogP contribution in [0.4, 0.5) is 26.3 Å². The van der Waals surface area contributed by atoms with Crippen LogP contribution in [0.15, 0.2) is 0 Å². The zero-order chi connectivity index (χ0) is 12.5. The average molecular weight is 236 g/mol. The molecular weight excluding hydrogens is 230 g/mol. The summed E-state index contributed by atoms with van der Waals surface area (Å²) in [6.07, 6.45) is -14.4. The Balaban J connectivity index is 5.75. The quantitative estimate of drug-likeness (QED) is 0.428. The zero-order valence-electron chi connectivity index (χ0n) is 7.37. The molecule has 0 unspecified atom stereocenters. The third-order valence-electron chi connectivity index (χ3n) is 1.83. The van der Waals surface area contributed by atoms with Gasteiger partial charge >= 0.3 is 12.4 Å². The number of carbonyl (C=O) groups excluding carboxylic acids is 2. The van der Waals surface area contributed by atoms with Crippen molar-refractivity contribution < 1.29 is 35.9 Å². The van der Waals surface area contributed by atoms with Gasteiger partial charge in [-0.15, -0.1) is 0 Å². The highest BCUT2D eigenvalue weighted by atomic mass is 19.4. The number of aldehydes is 1. The molecule has 0 N–H and O–H groups in total. The summed E-state index contributed by atoms with van der Waals surface area (Å²) in [6.45, 7) is 0.818. The van der Waals surface area contributed by atoms with Gasteiger partial charge < -0.3 is 4.79 Å². The molecule has 0 saturated carbocycles. The fourth-order valence-corrected chi connectivity index (χ4v) is 0.955. The van der Waals surface area contributed by atoms with Crippen molar-refractivity contribution in [3.63, 3.8) is 0 Å². The molecule has 0 amide bonds. The lowest BCUT2D eigenvalue weighted by atomic mass is 9.82. The van der Waals surface area contributed by atoms with E-state index in [0.717, 1.165) is 6.92 Å². The summed E-state index contributed by atoms with van der Waals surface area (Å²) in [7, 11) is 0. The van der Waals surface area contributed by atoms with Crippen LogP contribution in [-0.2, 0) is 9.59 Å². The Kier molecular flexibility index (Phi) is 3.55. The molecular formula is C7H6F6O2. The first-order valence-corrected chi connectivity index (χ1v) is 3.67. The third-order valence-corrected chi connectivity index (χ3v) is 1.83. The Bertz CT molecular complexity index is 250. The van der Waals surface area contributed by atoms with Gasteiger partial charge in [0.15, 0.2) is 12.1 Å². The molecule has 0 aromatic carbocycles. The largest absolute Gasteiger partial charge is 0.416 e. The topological polar surface area (TPSA) is 34.1 Å². The van der Waals surface area contributed by atoms with E-state index in [2.05, 4.69) is 0 Å². The predicted molar refractivity (Wildman–Crippen MR) is 35.9 cm³/mol. The average Bonchev–Trinajstić information content (AvgIpc) is 2.00. The molecule has 0 atom stereocenters. The number of alkyl halides is 6. The number of carbonyl (C=O) groups is 2. The van der Waals surface area contributed by atoms with Gasteiger partial charge in [0.25, 0.3) is 5.41 Å². The molecule has 8 heteroatoms. The summed E-state index contributed by atoms with van der Waals surface area (Å²) in [6, 6.07) is 0. The Hall–Kier alpha value is -1.08. The van der Waals surface area contributed by atoms with Gasteiger partial charge in [-0.3, -0.25) is 4.79 Å². The van der Waals surface area contributed by atoms with Crippen molar-refractivity contribution in [3.8, 4) is 0 Å². The number of halogens is 6. The van der Waals surface area contributed by atoms with Crippen LogP contribution in [0.3, 0.4) is 0 Å². The van der Waals surface area contributed by atoms with Crippen LogP contribution in [0, 0.1) is 5.41 Å². The van der Waals surface area contributed by atoms with Gasteiger partial charge in [-0.1, -0.05) is 6.92 Å². The molecule has 0 aliphatic carbocycles. The summed E-state index contributed by atoms with van der Waals surface area (Å²) in [5.41, 5.74) is -4.89. The Morgan fingerprint density at radius 1 is 1.07 bits per heavy atom. The standard InChI is InChI=1S/C7H6F6O2/c1-2-4(15)5(3-14,6(8,9)10)7(11,12)13/h3H,2H2,1H3. The molecule has 0 aliphatic rings. The number of hydrogen-bond donors (Lipinski definition) is 0. The zero-order valence-corrected chi connectivity index (χ0v) is 7.37. The molecule has 0 bridgehead atoms. The molecule has 0 rings (SSSR count). The monoisotopic (exact) mass is 236 g/mol. The number of hydrogen-bond acceptors (Lipinski definition) is 2. The fourth-order valence-electron chi connectivity index (χ4n) is 0.955. The molecule has 0 radical (unpaired) electrons. The van der Waals surface area contributed by atoms with Crippen LogP contribution < -0.4 is 0 Å². The second-order valence-corrected chi connectivity index (χ2v) is 2.70. The van der Waals surface area contributed by atoms with Gasteiger partial charge in [-0.2, -0.15) is 26.3 Å². The lowest BCUT2D eigenvalue weighted by Gasteiger charge is -2.30. The van der Waals surface area contributed by atoms with Crippen molar-refractivity contribution >= 4 is 12.1 Å². The first kappa shape index (κ1) is 13.9. The predicted octanol–water partition coefficient (Wildman–Crippen LogP) is 2.28. The molecule has 0 saturated heterocycles. The highest BCUT2D eigenvalue weighted by molar-refractivity contribution is 6.00. The van der Waals surface area contributed by atoms with Gasteiger partial charge in [0.2, 0.25) is 0 Å². The minimum absolute atomic E-state index is 0.818. The molecule has 0 aromatic heterocycles. The molecule has 2 nitrogen and oxygen atoms in total. The van der Waals surface area contributed by atoms with E-state index in [-0.39, 0.29) is 0 Å². The van der Waals surface area contributed by atoms with Crippen LogP contribution >= 0.6 is 0 Å². The summed E-state index contributed by atoms with van der Waals surface area (Å²) in [5, 5.41) is 0. The van der Waals surface area contributed by atoms with Crippen LogP contribution in [0.1, 0.15) is 13.3 Å². The van der Waals surface area contributed by atoms with E-state index in [1.165, 1.54) is 0 Å². The fraction of sp³-hybridized carbons (Fsp3) is 0.714. The van der Waals surface area contributed by atoms with E-state index in [1.54, 1.807) is 0 Å². The normalized spacial score (nSPS) is 13.8. The summed E-state index contributed by atoms with van der Waals surface area (Å²) < 4.78 is 72.8. The molecule has 0 fully saturated rings. The molecule has 0 aliphatic heterocycles. The number of rotatable bonds is 3. The highest BCUT2D eigenvalue weighted by Gasteiger charge is 2.74. The Labute approximate surface area is 80.2 Å². The number of Topliss-reactive ketones (excluding diaryl/α,β-unsaturated/α-hetero) is 1. The third kappa shape index (κ3) is 1.98. The van der Waals surface area contributed by atoms with E-state index in [9.17, 15) is 35.9 Å². The first-order chi connectivity index (χ1) is 6.54. The van der Waals surface area contributed by atoms with Gasteiger partial charge in [0, 0.05) is 6.42 Å². The molecule has 15 heavy (non-hydrogen) atoms. The highest BCUT2D eigenvalue weighted by Crippen LogP contribution is 2.49. The summed E-state index contributed by atoms with van der Waals surface area (Å²) in [5.74, 6) is -2.21. The van der Waals surface area contributed by atoms with E-state index < -0.39 is 36.3 Å². The lowest BCUT2D eigenvalue weighted by Crippen LogP contribution is -2.56. The van der Waals surface area contributed by atoms with Gasteiger partial charge in [-0.25, -0.2) is 0 Å². The van der Waals surface area contributed by atoms with Crippen LogP contribution in [0.5, 0.6) is 0 Å². The number of ketones is 1. The van der Waals surface area contributed by atoms with Crippen LogP contribution in [-0.4, -0.2) is 24.4 Å². The smallest absolute Gasteiger partial charge is 0.302 e. The molecule has 88 valence electrons. The maximum absolute atomic E-state index is 12.1. The Morgan fingerprint density at radius 2 is 1.40 bits per heavy atom. The van der Waals surface area contributed by atoms with Crippen LogP contribution in [0.2, 0.25) is 0 Å². The van der Waals surface area contributed by atoms with E-state index >= 15 is 0 Å². The van der Waals surface area contributed by atoms with Gasteiger partial charge in [-0.05, 0) is 0 Å². The molecule has 0 spiro atoms. The maximum Gasteiger partial charge on any atom is 0.416 e. The van der Waals surface area contributed by atoms with Gasteiger partial charge in [0.1, 0.15) is 0 Å². The summed E-state index contributed by atoms with van der Waals surface area (Å²) in [4.78, 5) is 20.7. The minimum Gasteiger partial charge on any atom is -0.302 e. The minimum atomic E-state index is -5.97. The van der Waals surface area contributed by atoms with E-state index in [1.807, 2.05) is 0 Å².